The number of nitrogens with zero attached hydrogens (tertiary/aromatic N) is 1. The molecule has 1 aromatic carbocycles. The molecule has 0 saturated carbocycles. The number of thiazole rings is 1. The highest BCUT2D eigenvalue weighted by atomic mass is 32.1. The summed E-state index contributed by atoms with van der Waals surface area (Å²) < 4.78 is 5.92. The minimum Gasteiger partial charge on any atom is -0.373 e. The molecule has 2 atom stereocenters. The van der Waals surface area contributed by atoms with Gasteiger partial charge in [-0.1, -0.05) is 24.3 Å². The van der Waals surface area contributed by atoms with Crippen LogP contribution in [-0.4, -0.2) is 11.6 Å². The molecule has 100 valence electrons. The van der Waals surface area contributed by atoms with Crippen LogP contribution in [0.25, 0.3) is 0 Å². The van der Waals surface area contributed by atoms with E-state index in [0.29, 0.717) is 0 Å². The quantitative estimate of drug-likeness (QED) is 0.935. The molecule has 0 spiro atoms. The van der Waals surface area contributed by atoms with E-state index in [1.54, 1.807) is 11.3 Å². The minimum absolute atomic E-state index is 0.00339. The SMILES string of the molecule is Cc1ncsc1C(N)CC1OCCc2ccccc21. The van der Waals surface area contributed by atoms with Gasteiger partial charge in [0.05, 0.1) is 23.9 Å². The van der Waals surface area contributed by atoms with Crippen LogP contribution >= 0.6 is 11.3 Å². The highest BCUT2D eigenvalue weighted by molar-refractivity contribution is 7.09. The number of aryl methyl sites for hydroxylation is 1. The molecule has 1 aromatic heterocycles. The Bertz CT molecular complexity index is 567. The molecular weight excluding hydrogens is 256 g/mol. The van der Waals surface area contributed by atoms with Crippen molar-refractivity contribution in [1.29, 1.82) is 0 Å². The zero-order chi connectivity index (χ0) is 13.2. The van der Waals surface area contributed by atoms with Gasteiger partial charge in [-0.3, -0.25) is 0 Å². The third-order valence-corrected chi connectivity index (χ3v) is 4.74. The molecule has 0 fully saturated rings. The van der Waals surface area contributed by atoms with E-state index in [-0.39, 0.29) is 12.1 Å². The van der Waals surface area contributed by atoms with E-state index in [0.717, 1.165) is 25.1 Å². The number of fused-ring (bicyclic) bond motifs is 1. The molecule has 0 radical (unpaired) electrons. The Morgan fingerprint density at radius 2 is 2.32 bits per heavy atom. The summed E-state index contributed by atoms with van der Waals surface area (Å²) in [4.78, 5) is 5.45. The first-order valence-electron chi connectivity index (χ1n) is 6.60. The average Bonchev–Trinajstić information content (AvgIpc) is 2.85. The summed E-state index contributed by atoms with van der Waals surface area (Å²) in [6.07, 6.45) is 1.93. The van der Waals surface area contributed by atoms with Crippen LogP contribution < -0.4 is 5.73 Å². The molecule has 2 heterocycles. The summed E-state index contributed by atoms with van der Waals surface area (Å²) >= 11 is 1.64. The standard InChI is InChI=1S/C15H18N2OS/c1-10-15(19-9-17-10)13(16)8-14-12-5-3-2-4-11(12)6-7-18-14/h2-5,9,13-14H,6-8,16H2,1H3. The number of aromatic nitrogens is 1. The molecule has 0 aliphatic carbocycles. The maximum Gasteiger partial charge on any atom is 0.0846 e. The highest BCUT2D eigenvalue weighted by Crippen LogP contribution is 2.34. The van der Waals surface area contributed by atoms with Crippen molar-refractivity contribution in [1.82, 2.24) is 4.98 Å². The van der Waals surface area contributed by atoms with Crippen molar-refractivity contribution >= 4 is 11.3 Å². The zero-order valence-corrected chi connectivity index (χ0v) is 11.8. The van der Waals surface area contributed by atoms with Crippen LogP contribution in [0.1, 0.15) is 40.3 Å². The van der Waals surface area contributed by atoms with Crippen molar-refractivity contribution in [2.24, 2.45) is 5.73 Å². The second kappa shape index (κ2) is 5.41. The van der Waals surface area contributed by atoms with E-state index < -0.39 is 0 Å². The number of nitrogens with two attached hydrogens (primary N) is 1. The molecule has 19 heavy (non-hydrogen) atoms. The first-order chi connectivity index (χ1) is 9.25. The van der Waals surface area contributed by atoms with E-state index in [9.17, 15) is 0 Å². The van der Waals surface area contributed by atoms with Crippen molar-refractivity contribution in [2.75, 3.05) is 6.61 Å². The molecule has 3 nitrogen and oxygen atoms in total. The van der Waals surface area contributed by atoms with Crippen molar-refractivity contribution in [3.8, 4) is 0 Å². The number of hydrogen-bond acceptors (Lipinski definition) is 4. The number of ether oxygens (including phenoxy) is 1. The molecule has 3 rings (SSSR count). The van der Waals surface area contributed by atoms with Gasteiger partial charge in [-0.2, -0.15) is 0 Å². The molecule has 0 saturated heterocycles. The molecule has 0 amide bonds. The van der Waals surface area contributed by atoms with E-state index in [1.165, 1.54) is 16.0 Å². The predicted molar refractivity (Wildman–Crippen MR) is 77.2 cm³/mol. The molecule has 1 aliphatic heterocycles. The zero-order valence-electron chi connectivity index (χ0n) is 11.0. The van der Waals surface area contributed by atoms with Gasteiger partial charge in [0.25, 0.3) is 0 Å². The lowest BCUT2D eigenvalue weighted by Gasteiger charge is -2.28. The largest absolute Gasteiger partial charge is 0.373 e. The number of rotatable bonds is 3. The third-order valence-electron chi connectivity index (χ3n) is 3.68. The second-order valence-corrected chi connectivity index (χ2v) is 5.84. The van der Waals surface area contributed by atoms with Gasteiger partial charge in [-0.05, 0) is 30.9 Å². The lowest BCUT2D eigenvalue weighted by molar-refractivity contribution is 0.0321. The fourth-order valence-electron chi connectivity index (χ4n) is 2.68. The van der Waals surface area contributed by atoms with Gasteiger partial charge < -0.3 is 10.5 Å². The van der Waals surface area contributed by atoms with Crippen LogP contribution in [-0.2, 0) is 11.2 Å². The Balaban J connectivity index is 1.80. The van der Waals surface area contributed by atoms with Crippen LogP contribution in [0.2, 0.25) is 0 Å². The van der Waals surface area contributed by atoms with Gasteiger partial charge in [-0.25, -0.2) is 4.98 Å². The fourth-order valence-corrected chi connectivity index (χ4v) is 3.50. The Kier molecular flexibility index (Phi) is 3.64. The summed E-state index contributed by atoms with van der Waals surface area (Å²) in [6, 6.07) is 8.52. The Morgan fingerprint density at radius 3 is 3.11 bits per heavy atom. The molecule has 2 N–H and O–H groups in total. The normalized spacial score (nSPS) is 20.0. The van der Waals surface area contributed by atoms with Gasteiger partial charge in [0.1, 0.15) is 0 Å². The smallest absolute Gasteiger partial charge is 0.0846 e. The van der Waals surface area contributed by atoms with E-state index in [4.69, 9.17) is 10.5 Å². The van der Waals surface area contributed by atoms with E-state index >= 15 is 0 Å². The van der Waals surface area contributed by atoms with Gasteiger partial charge in [0.15, 0.2) is 0 Å². The fraction of sp³-hybridized carbons (Fsp3) is 0.400. The van der Waals surface area contributed by atoms with E-state index in [2.05, 4.69) is 29.2 Å². The summed E-state index contributed by atoms with van der Waals surface area (Å²) in [6.45, 7) is 2.80. The van der Waals surface area contributed by atoms with E-state index in [1.807, 2.05) is 12.4 Å². The lowest BCUT2D eigenvalue weighted by atomic mass is 9.93. The van der Waals surface area contributed by atoms with Crippen LogP contribution in [0, 0.1) is 6.92 Å². The minimum atomic E-state index is 0.00339. The summed E-state index contributed by atoms with van der Waals surface area (Å²) in [5.41, 5.74) is 11.9. The molecule has 0 bridgehead atoms. The Morgan fingerprint density at radius 1 is 1.47 bits per heavy atom. The summed E-state index contributed by atoms with van der Waals surface area (Å²) in [7, 11) is 0. The second-order valence-electron chi connectivity index (χ2n) is 4.95. The Hall–Kier alpha value is -1.23. The van der Waals surface area contributed by atoms with Crippen LogP contribution in [0.3, 0.4) is 0 Å². The van der Waals surface area contributed by atoms with Crippen LogP contribution in [0.4, 0.5) is 0 Å². The first kappa shape index (κ1) is 12.8. The number of benzene rings is 1. The van der Waals surface area contributed by atoms with Crippen molar-refractivity contribution in [2.45, 2.75) is 31.9 Å². The molecule has 2 aromatic rings. The topological polar surface area (TPSA) is 48.1 Å². The predicted octanol–water partition coefficient (Wildman–Crippen LogP) is 3.16. The maximum atomic E-state index is 6.32. The van der Waals surface area contributed by atoms with Crippen LogP contribution in [0.5, 0.6) is 0 Å². The molecule has 4 heteroatoms. The van der Waals surface area contributed by atoms with Gasteiger partial charge in [0, 0.05) is 10.9 Å². The monoisotopic (exact) mass is 274 g/mol. The van der Waals surface area contributed by atoms with Crippen molar-refractivity contribution < 1.29 is 4.74 Å². The summed E-state index contributed by atoms with van der Waals surface area (Å²) in [5.74, 6) is 0. The van der Waals surface area contributed by atoms with Gasteiger partial charge >= 0.3 is 0 Å². The van der Waals surface area contributed by atoms with Crippen molar-refractivity contribution in [3.63, 3.8) is 0 Å². The van der Waals surface area contributed by atoms with Gasteiger partial charge in [0.2, 0.25) is 0 Å². The van der Waals surface area contributed by atoms with Gasteiger partial charge in [-0.15, -0.1) is 11.3 Å². The number of hydrogen-bond donors (Lipinski definition) is 1. The lowest BCUT2D eigenvalue weighted by Crippen LogP contribution is -2.21. The van der Waals surface area contributed by atoms with Crippen LogP contribution in [0.15, 0.2) is 29.8 Å². The average molecular weight is 274 g/mol. The highest BCUT2D eigenvalue weighted by Gasteiger charge is 2.24. The first-order valence-corrected chi connectivity index (χ1v) is 7.48. The third kappa shape index (κ3) is 2.56. The summed E-state index contributed by atoms with van der Waals surface area (Å²) in [5, 5.41) is 0. The Labute approximate surface area is 117 Å². The molecular formula is C15H18N2OS. The molecule has 2 unspecified atom stereocenters. The maximum absolute atomic E-state index is 6.32. The molecule has 1 aliphatic rings. The van der Waals surface area contributed by atoms with Crippen molar-refractivity contribution in [3.05, 3.63) is 51.5 Å².